The van der Waals surface area contributed by atoms with Gasteiger partial charge in [-0.1, -0.05) is 72.6 Å². The molecule has 0 heterocycles. The van der Waals surface area contributed by atoms with Gasteiger partial charge in [0, 0.05) is 0 Å². The van der Waals surface area contributed by atoms with Crippen molar-refractivity contribution in [3.8, 4) is 0 Å². The summed E-state index contributed by atoms with van der Waals surface area (Å²) in [6.45, 7) is 10.4. The van der Waals surface area contributed by atoms with Gasteiger partial charge in [-0.25, -0.2) is 0 Å². The van der Waals surface area contributed by atoms with E-state index in [4.69, 9.17) is 0 Å². The van der Waals surface area contributed by atoms with Gasteiger partial charge in [0.1, 0.15) is 0 Å². The van der Waals surface area contributed by atoms with Gasteiger partial charge < -0.3 is 0 Å². The summed E-state index contributed by atoms with van der Waals surface area (Å²) < 4.78 is 0. The maximum Gasteiger partial charge on any atom is -0.0295 e. The SMILES string of the molecule is CC1CCC(C(C)C(C)(C)C2CCCC3CCCCC32)CC1. The monoisotopic (exact) mass is 304 g/mol. The third-order valence-corrected chi connectivity index (χ3v) is 8.47. The first-order valence-corrected chi connectivity index (χ1v) is 10.5. The highest BCUT2D eigenvalue weighted by atomic mass is 14.5. The Labute approximate surface area is 139 Å². The predicted octanol–water partition coefficient (Wildman–Crippen LogP) is 7.08. The average molecular weight is 305 g/mol. The highest BCUT2D eigenvalue weighted by molar-refractivity contribution is 4.95. The van der Waals surface area contributed by atoms with E-state index >= 15 is 0 Å². The van der Waals surface area contributed by atoms with Gasteiger partial charge in [-0.15, -0.1) is 0 Å². The molecule has 22 heavy (non-hydrogen) atoms. The lowest BCUT2D eigenvalue weighted by Crippen LogP contribution is -2.44. The molecule has 0 N–H and O–H groups in total. The van der Waals surface area contributed by atoms with Gasteiger partial charge in [0.2, 0.25) is 0 Å². The first-order chi connectivity index (χ1) is 10.5. The zero-order valence-electron chi connectivity index (χ0n) is 15.7. The van der Waals surface area contributed by atoms with Gasteiger partial charge in [-0.2, -0.15) is 0 Å². The number of fused-ring (bicyclic) bond motifs is 1. The van der Waals surface area contributed by atoms with E-state index in [9.17, 15) is 0 Å². The van der Waals surface area contributed by atoms with Crippen molar-refractivity contribution in [2.24, 2.45) is 40.9 Å². The molecule has 3 fully saturated rings. The quantitative estimate of drug-likeness (QED) is 0.522. The summed E-state index contributed by atoms with van der Waals surface area (Å²) in [5.74, 6) is 6.10. The molecule has 3 aliphatic rings. The van der Waals surface area contributed by atoms with Crippen LogP contribution in [0.5, 0.6) is 0 Å². The van der Waals surface area contributed by atoms with E-state index in [1.54, 1.807) is 19.3 Å². The summed E-state index contributed by atoms with van der Waals surface area (Å²) in [5, 5.41) is 0. The minimum Gasteiger partial charge on any atom is -0.0625 e. The molecule has 0 radical (unpaired) electrons. The van der Waals surface area contributed by atoms with Crippen LogP contribution in [0, 0.1) is 40.9 Å². The summed E-state index contributed by atoms with van der Waals surface area (Å²) in [7, 11) is 0. The molecule has 0 bridgehead atoms. The fraction of sp³-hybridized carbons (Fsp3) is 1.00. The first-order valence-electron chi connectivity index (χ1n) is 10.5. The van der Waals surface area contributed by atoms with Crippen molar-refractivity contribution in [1.29, 1.82) is 0 Å². The highest BCUT2D eigenvalue weighted by Gasteiger charge is 2.46. The van der Waals surface area contributed by atoms with Gasteiger partial charge in [-0.3, -0.25) is 0 Å². The van der Waals surface area contributed by atoms with Crippen molar-refractivity contribution in [3.63, 3.8) is 0 Å². The van der Waals surface area contributed by atoms with E-state index in [0.717, 1.165) is 35.5 Å². The second-order valence-electron chi connectivity index (χ2n) is 9.88. The molecule has 3 rings (SSSR count). The summed E-state index contributed by atoms with van der Waals surface area (Å²) in [4.78, 5) is 0. The van der Waals surface area contributed by atoms with Crippen LogP contribution in [0.2, 0.25) is 0 Å². The highest BCUT2D eigenvalue weighted by Crippen LogP contribution is 2.55. The molecule has 0 aromatic heterocycles. The van der Waals surface area contributed by atoms with E-state index in [1.165, 1.54) is 51.4 Å². The summed E-state index contributed by atoms with van der Waals surface area (Å²) in [6.07, 6.45) is 16.7. The van der Waals surface area contributed by atoms with Crippen LogP contribution in [0.25, 0.3) is 0 Å². The first kappa shape index (κ1) is 16.8. The molecular formula is C22H40. The van der Waals surface area contributed by atoms with Crippen molar-refractivity contribution in [3.05, 3.63) is 0 Å². The molecule has 0 nitrogen and oxygen atoms in total. The smallest absolute Gasteiger partial charge is 0.0295 e. The lowest BCUT2D eigenvalue weighted by atomic mass is 9.53. The Morgan fingerprint density at radius 1 is 0.773 bits per heavy atom. The zero-order chi connectivity index (χ0) is 15.7. The van der Waals surface area contributed by atoms with E-state index in [2.05, 4.69) is 27.7 Å². The van der Waals surface area contributed by atoms with Crippen molar-refractivity contribution in [2.75, 3.05) is 0 Å². The maximum absolute atomic E-state index is 2.65. The molecule has 3 saturated carbocycles. The van der Waals surface area contributed by atoms with Crippen LogP contribution in [-0.4, -0.2) is 0 Å². The largest absolute Gasteiger partial charge is 0.0625 e. The number of hydrogen-bond donors (Lipinski definition) is 0. The van der Waals surface area contributed by atoms with E-state index < -0.39 is 0 Å². The van der Waals surface area contributed by atoms with Crippen LogP contribution in [0.15, 0.2) is 0 Å². The Morgan fingerprint density at radius 2 is 1.41 bits per heavy atom. The predicted molar refractivity (Wildman–Crippen MR) is 96.9 cm³/mol. The molecular weight excluding hydrogens is 264 g/mol. The molecule has 4 atom stereocenters. The molecule has 0 heteroatoms. The zero-order valence-corrected chi connectivity index (χ0v) is 15.7. The normalized spacial score (nSPS) is 41.7. The van der Waals surface area contributed by atoms with Crippen LogP contribution < -0.4 is 0 Å². The Hall–Kier alpha value is 0. The standard InChI is InChI=1S/C22H40/c1-16-12-14-18(15-13-16)17(2)22(3,4)21-11-7-9-19-8-5-6-10-20(19)21/h16-21H,5-15H2,1-4H3. The Bertz CT molecular complexity index is 345. The van der Waals surface area contributed by atoms with Gasteiger partial charge >= 0.3 is 0 Å². The lowest BCUT2D eigenvalue weighted by molar-refractivity contribution is -0.0287. The molecule has 0 saturated heterocycles. The van der Waals surface area contributed by atoms with Gasteiger partial charge in [0.05, 0.1) is 0 Å². The second kappa shape index (κ2) is 6.86. The van der Waals surface area contributed by atoms with Crippen molar-refractivity contribution in [1.82, 2.24) is 0 Å². The van der Waals surface area contributed by atoms with Crippen molar-refractivity contribution < 1.29 is 0 Å². The summed E-state index contributed by atoms with van der Waals surface area (Å²) in [6, 6.07) is 0. The van der Waals surface area contributed by atoms with Gasteiger partial charge in [0.15, 0.2) is 0 Å². The third kappa shape index (κ3) is 3.27. The number of hydrogen-bond acceptors (Lipinski definition) is 0. The number of rotatable bonds is 3. The Kier molecular flexibility index (Phi) is 5.25. The van der Waals surface area contributed by atoms with Crippen LogP contribution in [0.4, 0.5) is 0 Å². The fourth-order valence-electron chi connectivity index (χ4n) is 6.59. The topological polar surface area (TPSA) is 0 Å². The van der Waals surface area contributed by atoms with E-state index in [0.29, 0.717) is 5.41 Å². The molecule has 3 aliphatic carbocycles. The molecule has 0 aliphatic heterocycles. The fourth-order valence-corrected chi connectivity index (χ4v) is 6.59. The summed E-state index contributed by atoms with van der Waals surface area (Å²) >= 11 is 0. The van der Waals surface area contributed by atoms with Gasteiger partial charge in [0.25, 0.3) is 0 Å². The minimum absolute atomic E-state index is 0.561. The van der Waals surface area contributed by atoms with Crippen LogP contribution >= 0.6 is 0 Å². The molecule has 0 amide bonds. The molecule has 128 valence electrons. The molecule has 0 aromatic carbocycles. The Morgan fingerprint density at radius 3 is 2.14 bits per heavy atom. The van der Waals surface area contributed by atoms with Crippen molar-refractivity contribution >= 4 is 0 Å². The molecule has 4 unspecified atom stereocenters. The lowest BCUT2D eigenvalue weighted by Gasteiger charge is -2.52. The van der Waals surface area contributed by atoms with Crippen molar-refractivity contribution in [2.45, 2.75) is 98.3 Å². The van der Waals surface area contributed by atoms with E-state index in [-0.39, 0.29) is 0 Å². The third-order valence-electron chi connectivity index (χ3n) is 8.47. The summed E-state index contributed by atoms with van der Waals surface area (Å²) in [5.41, 5.74) is 0.561. The molecule has 0 aromatic rings. The van der Waals surface area contributed by atoms with Crippen LogP contribution in [0.3, 0.4) is 0 Å². The van der Waals surface area contributed by atoms with Crippen LogP contribution in [0.1, 0.15) is 98.3 Å². The average Bonchev–Trinajstić information content (AvgIpc) is 2.54. The molecule has 0 spiro atoms. The Balaban J connectivity index is 1.70. The van der Waals surface area contributed by atoms with Crippen LogP contribution in [-0.2, 0) is 0 Å². The van der Waals surface area contributed by atoms with E-state index in [1.807, 2.05) is 0 Å². The minimum atomic E-state index is 0.561. The second-order valence-corrected chi connectivity index (χ2v) is 9.88. The van der Waals surface area contributed by atoms with Gasteiger partial charge in [-0.05, 0) is 66.6 Å². The maximum atomic E-state index is 2.65.